The van der Waals surface area contributed by atoms with Crippen molar-refractivity contribution in [2.45, 2.75) is 32.6 Å². The predicted octanol–water partition coefficient (Wildman–Crippen LogP) is 4.53. The van der Waals surface area contributed by atoms with Gasteiger partial charge in [0.2, 0.25) is 0 Å². The van der Waals surface area contributed by atoms with Crippen molar-refractivity contribution in [3.63, 3.8) is 0 Å². The molecule has 4 heteroatoms. The number of phenols is 1. The maximum atomic E-state index is 9.59. The molecule has 130 valence electrons. The van der Waals surface area contributed by atoms with Crippen LogP contribution in [0.3, 0.4) is 0 Å². The fourth-order valence-electron chi connectivity index (χ4n) is 2.99. The SMILES string of the molecule is CCCc1cc(C(N)=NO)c(C=CC2CC2)c(-c2ccc(O)cc2)c1. The van der Waals surface area contributed by atoms with E-state index in [4.69, 9.17) is 5.73 Å². The average Bonchev–Trinajstić information content (AvgIpc) is 3.44. The fraction of sp³-hybridized carbons (Fsp3) is 0.286. The van der Waals surface area contributed by atoms with E-state index < -0.39 is 0 Å². The fourth-order valence-corrected chi connectivity index (χ4v) is 2.99. The number of amidine groups is 1. The standard InChI is InChI=1S/C21H24N2O2/c1-2-3-15-12-19(16-7-9-17(24)10-8-16)18(11-6-14-4-5-14)20(13-15)21(22)23-25/h6-14,24-25H,2-5H2,1H3,(H2,22,23). The molecule has 25 heavy (non-hydrogen) atoms. The Morgan fingerprint density at radius 1 is 1.24 bits per heavy atom. The first-order valence-corrected chi connectivity index (χ1v) is 8.74. The van der Waals surface area contributed by atoms with E-state index in [-0.39, 0.29) is 11.6 Å². The Kier molecular flexibility index (Phi) is 5.08. The molecule has 4 N–H and O–H groups in total. The van der Waals surface area contributed by atoms with Crippen LogP contribution in [0, 0.1) is 5.92 Å². The lowest BCUT2D eigenvalue weighted by atomic mass is 9.90. The minimum atomic E-state index is 0.119. The van der Waals surface area contributed by atoms with Crippen LogP contribution < -0.4 is 5.73 Å². The number of hydrogen-bond donors (Lipinski definition) is 3. The van der Waals surface area contributed by atoms with Crippen molar-refractivity contribution in [2.24, 2.45) is 16.8 Å². The number of allylic oxidation sites excluding steroid dienone is 1. The molecule has 2 aromatic rings. The van der Waals surface area contributed by atoms with Crippen LogP contribution in [0.1, 0.15) is 42.9 Å². The lowest BCUT2D eigenvalue weighted by molar-refractivity contribution is 0.318. The van der Waals surface area contributed by atoms with Gasteiger partial charge < -0.3 is 16.0 Å². The van der Waals surface area contributed by atoms with Crippen molar-refractivity contribution in [3.8, 4) is 16.9 Å². The van der Waals surface area contributed by atoms with E-state index in [2.05, 4.69) is 30.3 Å². The third-order valence-electron chi connectivity index (χ3n) is 4.50. The predicted molar refractivity (Wildman–Crippen MR) is 102 cm³/mol. The number of aryl methyl sites for hydroxylation is 1. The maximum Gasteiger partial charge on any atom is 0.170 e. The summed E-state index contributed by atoms with van der Waals surface area (Å²) in [6, 6.07) is 11.3. The molecule has 1 fully saturated rings. The van der Waals surface area contributed by atoms with Crippen LogP contribution in [0.5, 0.6) is 5.75 Å². The minimum absolute atomic E-state index is 0.119. The van der Waals surface area contributed by atoms with E-state index in [0.717, 1.165) is 40.7 Å². The summed E-state index contributed by atoms with van der Waals surface area (Å²) >= 11 is 0. The summed E-state index contributed by atoms with van der Waals surface area (Å²) in [4.78, 5) is 0. The van der Waals surface area contributed by atoms with Crippen LogP contribution in [-0.4, -0.2) is 16.1 Å². The Hall–Kier alpha value is -2.75. The van der Waals surface area contributed by atoms with Crippen molar-refractivity contribution in [2.75, 3.05) is 0 Å². The highest BCUT2D eigenvalue weighted by molar-refractivity contribution is 6.03. The van der Waals surface area contributed by atoms with Crippen LogP contribution in [0.25, 0.3) is 17.2 Å². The summed E-state index contributed by atoms with van der Waals surface area (Å²) in [5.74, 6) is 0.983. The lowest BCUT2D eigenvalue weighted by Gasteiger charge is -2.15. The Morgan fingerprint density at radius 3 is 2.56 bits per heavy atom. The summed E-state index contributed by atoms with van der Waals surface area (Å²) in [7, 11) is 0. The Bertz CT molecular complexity index is 803. The van der Waals surface area contributed by atoms with Gasteiger partial charge >= 0.3 is 0 Å². The maximum absolute atomic E-state index is 9.59. The number of hydrogen-bond acceptors (Lipinski definition) is 3. The zero-order chi connectivity index (χ0) is 17.8. The molecule has 1 aliphatic rings. The number of phenolic OH excluding ortho intramolecular Hbond substituents is 1. The van der Waals surface area contributed by atoms with Crippen molar-refractivity contribution in [1.82, 2.24) is 0 Å². The molecule has 0 bridgehead atoms. The number of nitrogens with zero attached hydrogens (tertiary/aromatic N) is 1. The van der Waals surface area contributed by atoms with Crippen LogP contribution in [0.2, 0.25) is 0 Å². The molecule has 0 aromatic heterocycles. The van der Waals surface area contributed by atoms with Crippen molar-refractivity contribution in [1.29, 1.82) is 0 Å². The van der Waals surface area contributed by atoms with Gasteiger partial charge in [-0.3, -0.25) is 0 Å². The molecule has 0 heterocycles. The van der Waals surface area contributed by atoms with Crippen LogP contribution in [-0.2, 0) is 6.42 Å². The number of nitrogens with two attached hydrogens (primary N) is 1. The van der Waals surface area contributed by atoms with Gasteiger partial charge in [-0.25, -0.2) is 0 Å². The van der Waals surface area contributed by atoms with E-state index >= 15 is 0 Å². The zero-order valence-electron chi connectivity index (χ0n) is 14.4. The molecule has 0 spiro atoms. The first-order chi connectivity index (χ1) is 12.1. The van der Waals surface area contributed by atoms with Crippen LogP contribution >= 0.6 is 0 Å². The molecule has 0 unspecified atom stereocenters. The van der Waals surface area contributed by atoms with E-state index in [1.807, 2.05) is 18.2 Å². The number of oxime groups is 1. The number of benzene rings is 2. The van der Waals surface area contributed by atoms with Gasteiger partial charge in [-0.2, -0.15) is 0 Å². The van der Waals surface area contributed by atoms with Gasteiger partial charge in [0.05, 0.1) is 0 Å². The molecule has 0 aliphatic heterocycles. The number of rotatable bonds is 6. The largest absolute Gasteiger partial charge is 0.508 e. The molecule has 0 amide bonds. The second-order valence-electron chi connectivity index (χ2n) is 6.58. The minimum Gasteiger partial charge on any atom is -0.508 e. The van der Waals surface area contributed by atoms with Gasteiger partial charge in [-0.1, -0.05) is 48.9 Å². The highest BCUT2D eigenvalue weighted by atomic mass is 16.4. The highest BCUT2D eigenvalue weighted by Gasteiger charge is 2.19. The molecule has 1 saturated carbocycles. The smallest absolute Gasteiger partial charge is 0.170 e. The second-order valence-corrected chi connectivity index (χ2v) is 6.58. The van der Waals surface area contributed by atoms with E-state index in [0.29, 0.717) is 5.92 Å². The highest BCUT2D eigenvalue weighted by Crippen LogP contribution is 2.35. The zero-order valence-corrected chi connectivity index (χ0v) is 14.4. The molecule has 1 aliphatic carbocycles. The molecular weight excluding hydrogens is 312 g/mol. The summed E-state index contributed by atoms with van der Waals surface area (Å²) in [5, 5.41) is 22.1. The van der Waals surface area contributed by atoms with Gasteiger partial charge in [-0.15, -0.1) is 0 Å². The van der Waals surface area contributed by atoms with Crippen LogP contribution in [0.4, 0.5) is 0 Å². The quantitative estimate of drug-likeness (QED) is 0.314. The molecule has 2 aromatic carbocycles. The summed E-state index contributed by atoms with van der Waals surface area (Å²) in [5.41, 5.74) is 10.9. The monoisotopic (exact) mass is 336 g/mol. The summed E-state index contributed by atoms with van der Waals surface area (Å²) in [6.45, 7) is 2.13. The van der Waals surface area contributed by atoms with E-state index in [1.165, 1.54) is 12.8 Å². The Morgan fingerprint density at radius 2 is 1.96 bits per heavy atom. The molecule has 0 saturated heterocycles. The van der Waals surface area contributed by atoms with Crippen LogP contribution in [0.15, 0.2) is 47.6 Å². The normalized spacial score (nSPS) is 15.0. The Labute approximate surface area is 148 Å². The van der Waals surface area contributed by atoms with Crippen molar-refractivity contribution < 1.29 is 10.3 Å². The molecule has 0 atom stereocenters. The first kappa shape index (κ1) is 17.1. The molecule has 4 nitrogen and oxygen atoms in total. The average molecular weight is 336 g/mol. The third kappa shape index (κ3) is 4.02. The summed E-state index contributed by atoms with van der Waals surface area (Å²) < 4.78 is 0. The Balaban J connectivity index is 2.20. The van der Waals surface area contributed by atoms with E-state index in [9.17, 15) is 10.3 Å². The second kappa shape index (κ2) is 7.43. The number of aromatic hydroxyl groups is 1. The van der Waals surface area contributed by atoms with Crippen molar-refractivity contribution in [3.05, 3.63) is 59.2 Å². The van der Waals surface area contributed by atoms with Gasteiger partial charge in [0.15, 0.2) is 5.84 Å². The first-order valence-electron chi connectivity index (χ1n) is 8.74. The van der Waals surface area contributed by atoms with Gasteiger partial charge in [0.25, 0.3) is 0 Å². The van der Waals surface area contributed by atoms with E-state index in [1.54, 1.807) is 12.1 Å². The topological polar surface area (TPSA) is 78.8 Å². The van der Waals surface area contributed by atoms with Gasteiger partial charge in [-0.05, 0) is 65.6 Å². The molecule has 0 radical (unpaired) electrons. The van der Waals surface area contributed by atoms with Crippen molar-refractivity contribution >= 4 is 11.9 Å². The molecular formula is C21H24N2O2. The third-order valence-corrected chi connectivity index (χ3v) is 4.50. The van der Waals surface area contributed by atoms with Gasteiger partial charge in [0.1, 0.15) is 5.75 Å². The lowest BCUT2D eigenvalue weighted by Crippen LogP contribution is -2.16. The molecule has 3 rings (SSSR count). The summed E-state index contributed by atoms with van der Waals surface area (Å²) in [6.07, 6.45) is 8.66. The van der Waals surface area contributed by atoms with Gasteiger partial charge in [0, 0.05) is 5.56 Å².